The van der Waals surface area contributed by atoms with Crippen molar-refractivity contribution < 1.29 is 0 Å². The lowest BCUT2D eigenvalue weighted by Gasteiger charge is -2.16. The SMILES string of the molecule is C1CCCC(CNCC2CCSC2)CC1. The summed E-state index contributed by atoms with van der Waals surface area (Å²) in [5.41, 5.74) is 0. The van der Waals surface area contributed by atoms with Gasteiger partial charge in [0.05, 0.1) is 0 Å². The Morgan fingerprint density at radius 1 is 0.867 bits per heavy atom. The van der Waals surface area contributed by atoms with Crippen molar-refractivity contribution in [1.29, 1.82) is 0 Å². The first-order valence-electron chi connectivity index (χ1n) is 6.73. The van der Waals surface area contributed by atoms with Crippen LogP contribution in [-0.2, 0) is 0 Å². The van der Waals surface area contributed by atoms with Crippen molar-refractivity contribution in [1.82, 2.24) is 5.32 Å². The first-order chi connectivity index (χ1) is 7.45. The molecule has 15 heavy (non-hydrogen) atoms. The van der Waals surface area contributed by atoms with Crippen LogP contribution in [0.3, 0.4) is 0 Å². The van der Waals surface area contributed by atoms with E-state index in [0.717, 1.165) is 11.8 Å². The van der Waals surface area contributed by atoms with E-state index in [0.29, 0.717) is 0 Å². The van der Waals surface area contributed by atoms with E-state index < -0.39 is 0 Å². The predicted molar refractivity (Wildman–Crippen MR) is 69.5 cm³/mol. The van der Waals surface area contributed by atoms with E-state index in [9.17, 15) is 0 Å². The van der Waals surface area contributed by atoms with Gasteiger partial charge in [0.15, 0.2) is 0 Å². The predicted octanol–water partition coefficient (Wildman–Crippen LogP) is 3.30. The molecule has 0 aromatic carbocycles. The summed E-state index contributed by atoms with van der Waals surface area (Å²) >= 11 is 2.13. The lowest BCUT2D eigenvalue weighted by Crippen LogP contribution is -2.28. The summed E-state index contributed by atoms with van der Waals surface area (Å²) in [4.78, 5) is 0. The van der Waals surface area contributed by atoms with Gasteiger partial charge in [0, 0.05) is 0 Å². The molecule has 1 unspecified atom stereocenters. The molecule has 88 valence electrons. The van der Waals surface area contributed by atoms with Crippen molar-refractivity contribution in [2.75, 3.05) is 24.6 Å². The molecule has 0 aromatic rings. The molecule has 1 saturated heterocycles. The van der Waals surface area contributed by atoms with Crippen LogP contribution in [-0.4, -0.2) is 24.6 Å². The molecule has 1 heterocycles. The van der Waals surface area contributed by atoms with Gasteiger partial charge in [-0.3, -0.25) is 0 Å². The first-order valence-corrected chi connectivity index (χ1v) is 7.89. The largest absolute Gasteiger partial charge is 0.316 e. The Morgan fingerprint density at radius 2 is 1.60 bits per heavy atom. The van der Waals surface area contributed by atoms with Gasteiger partial charge in [-0.25, -0.2) is 0 Å². The van der Waals surface area contributed by atoms with Crippen molar-refractivity contribution in [2.45, 2.75) is 44.9 Å². The molecule has 0 bridgehead atoms. The summed E-state index contributed by atoms with van der Waals surface area (Å²) in [6.45, 7) is 2.57. The van der Waals surface area contributed by atoms with Crippen LogP contribution < -0.4 is 5.32 Å². The highest BCUT2D eigenvalue weighted by atomic mass is 32.2. The van der Waals surface area contributed by atoms with Gasteiger partial charge in [0.25, 0.3) is 0 Å². The zero-order chi connectivity index (χ0) is 10.3. The minimum atomic E-state index is 0.973. The highest BCUT2D eigenvalue weighted by Crippen LogP contribution is 2.24. The fourth-order valence-corrected chi connectivity index (χ4v) is 4.09. The van der Waals surface area contributed by atoms with Crippen LogP contribution >= 0.6 is 11.8 Å². The molecular formula is C13H25NS. The van der Waals surface area contributed by atoms with Crippen LogP contribution in [0.5, 0.6) is 0 Å². The summed E-state index contributed by atoms with van der Waals surface area (Å²) in [5, 5.41) is 3.71. The third kappa shape index (κ3) is 4.36. The molecule has 0 spiro atoms. The second-order valence-electron chi connectivity index (χ2n) is 5.25. The third-order valence-electron chi connectivity index (χ3n) is 3.86. The second kappa shape index (κ2) is 6.80. The summed E-state index contributed by atoms with van der Waals surface area (Å²) in [6.07, 6.45) is 10.3. The summed E-state index contributed by atoms with van der Waals surface area (Å²) in [5.74, 6) is 4.76. The van der Waals surface area contributed by atoms with Crippen LogP contribution in [0.2, 0.25) is 0 Å². The number of hydrogen-bond acceptors (Lipinski definition) is 2. The van der Waals surface area contributed by atoms with Crippen LogP contribution in [0.15, 0.2) is 0 Å². The molecule has 2 rings (SSSR count). The fourth-order valence-electron chi connectivity index (χ4n) is 2.80. The molecule has 2 fully saturated rings. The molecule has 0 aromatic heterocycles. The quantitative estimate of drug-likeness (QED) is 0.740. The Kier molecular flexibility index (Phi) is 5.34. The van der Waals surface area contributed by atoms with Crippen molar-refractivity contribution in [2.24, 2.45) is 11.8 Å². The molecule has 2 aliphatic rings. The maximum absolute atomic E-state index is 3.71. The van der Waals surface area contributed by atoms with Gasteiger partial charge >= 0.3 is 0 Å². The van der Waals surface area contributed by atoms with E-state index in [1.54, 1.807) is 0 Å². The molecule has 0 radical (unpaired) electrons. The van der Waals surface area contributed by atoms with Crippen molar-refractivity contribution >= 4 is 11.8 Å². The van der Waals surface area contributed by atoms with E-state index >= 15 is 0 Å². The molecule has 1 nitrogen and oxygen atoms in total. The molecule has 1 saturated carbocycles. The zero-order valence-electron chi connectivity index (χ0n) is 9.84. The molecule has 1 aliphatic carbocycles. The number of nitrogens with one attached hydrogen (secondary N) is 1. The Morgan fingerprint density at radius 3 is 2.27 bits per heavy atom. The van der Waals surface area contributed by atoms with E-state index in [1.165, 1.54) is 69.5 Å². The van der Waals surface area contributed by atoms with Crippen molar-refractivity contribution in [3.63, 3.8) is 0 Å². The van der Waals surface area contributed by atoms with E-state index in [-0.39, 0.29) is 0 Å². The minimum Gasteiger partial charge on any atom is -0.316 e. The first kappa shape index (κ1) is 11.8. The number of thioether (sulfide) groups is 1. The standard InChI is InChI=1S/C13H25NS/c1-2-4-6-12(5-3-1)9-14-10-13-7-8-15-11-13/h12-14H,1-11H2. The molecule has 1 atom stereocenters. The van der Waals surface area contributed by atoms with Gasteiger partial charge in [-0.05, 0) is 55.7 Å². The molecule has 0 amide bonds. The average molecular weight is 227 g/mol. The lowest BCUT2D eigenvalue weighted by atomic mass is 10.00. The topological polar surface area (TPSA) is 12.0 Å². The van der Waals surface area contributed by atoms with E-state index in [4.69, 9.17) is 0 Å². The molecular weight excluding hydrogens is 202 g/mol. The van der Waals surface area contributed by atoms with E-state index in [2.05, 4.69) is 17.1 Å². The van der Waals surface area contributed by atoms with Gasteiger partial charge in [-0.2, -0.15) is 11.8 Å². The summed E-state index contributed by atoms with van der Waals surface area (Å²) < 4.78 is 0. The van der Waals surface area contributed by atoms with Gasteiger partial charge < -0.3 is 5.32 Å². The van der Waals surface area contributed by atoms with Gasteiger partial charge in [0.1, 0.15) is 0 Å². The second-order valence-corrected chi connectivity index (χ2v) is 6.40. The monoisotopic (exact) mass is 227 g/mol. The van der Waals surface area contributed by atoms with Crippen molar-refractivity contribution in [3.8, 4) is 0 Å². The van der Waals surface area contributed by atoms with Crippen LogP contribution in [0.1, 0.15) is 44.9 Å². The number of rotatable bonds is 4. The van der Waals surface area contributed by atoms with Crippen LogP contribution in [0.4, 0.5) is 0 Å². The third-order valence-corrected chi connectivity index (χ3v) is 5.10. The fraction of sp³-hybridized carbons (Fsp3) is 1.00. The minimum absolute atomic E-state index is 0.973. The Hall–Kier alpha value is 0.310. The molecule has 2 heteroatoms. The highest BCUT2D eigenvalue weighted by molar-refractivity contribution is 7.99. The smallest absolute Gasteiger partial charge is 0.00122 e. The van der Waals surface area contributed by atoms with Crippen LogP contribution in [0.25, 0.3) is 0 Å². The average Bonchev–Trinajstić information content (AvgIpc) is 2.62. The number of hydrogen-bond donors (Lipinski definition) is 1. The van der Waals surface area contributed by atoms with Crippen molar-refractivity contribution in [3.05, 3.63) is 0 Å². The normalized spacial score (nSPS) is 29.2. The zero-order valence-corrected chi connectivity index (χ0v) is 10.7. The van der Waals surface area contributed by atoms with Gasteiger partial charge in [0.2, 0.25) is 0 Å². The van der Waals surface area contributed by atoms with Crippen LogP contribution in [0, 0.1) is 11.8 Å². The summed E-state index contributed by atoms with van der Waals surface area (Å²) in [7, 11) is 0. The Labute approximate surface area is 98.8 Å². The van der Waals surface area contributed by atoms with Gasteiger partial charge in [-0.1, -0.05) is 25.7 Å². The maximum atomic E-state index is 3.71. The summed E-state index contributed by atoms with van der Waals surface area (Å²) in [6, 6.07) is 0. The Balaban J connectivity index is 1.55. The highest BCUT2D eigenvalue weighted by Gasteiger charge is 2.16. The van der Waals surface area contributed by atoms with Gasteiger partial charge in [-0.15, -0.1) is 0 Å². The molecule has 1 N–H and O–H groups in total. The maximum Gasteiger partial charge on any atom is -0.00122 e. The Bertz CT molecular complexity index is 158. The van der Waals surface area contributed by atoms with E-state index in [1.807, 2.05) is 0 Å². The lowest BCUT2D eigenvalue weighted by molar-refractivity contribution is 0.405. The molecule has 1 aliphatic heterocycles.